The lowest BCUT2D eigenvalue weighted by Crippen LogP contribution is -2.18. The molecule has 0 saturated heterocycles. The fourth-order valence-corrected chi connectivity index (χ4v) is 3.14. The minimum atomic E-state index is -3.63. The zero-order valence-corrected chi connectivity index (χ0v) is 14.6. The van der Waals surface area contributed by atoms with Crippen molar-refractivity contribution in [3.05, 3.63) is 65.2 Å². The van der Waals surface area contributed by atoms with Crippen molar-refractivity contribution < 1.29 is 8.42 Å². The number of halogens is 1. The number of benzene rings is 2. The highest BCUT2D eigenvalue weighted by molar-refractivity contribution is 9.09. The average molecular weight is 381 g/mol. The van der Waals surface area contributed by atoms with Gasteiger partial charge in [0.1, 0.15) is 0 Å². The van der Waals surface area contributed by atoms with Crippen LogP contribution in [0.5, 0.6) is 0 Å². The lowest BCUT2D eigenvalue weighted by molar-refractivity contribution is 0.584. The van der Waals surface area contributed by atoms with Crippen LogP contribution in [0.2, 0.25) is 0 Å². The zero-order chi connectivity index (χ0) is 16.0. The summed E-state index contributed by atoms with van der Waals surface area (Å²) in [6, 6.07) is 14.4. The largest absolute Gasteiger partial charge is 0.276 e. The van der Waals surface area contributed by atoms with Crippen LogP contribution in [-0.2, 0) is 16.4 Å². The van der Waals surface area contributed by atoms with E-state index in [0.29, 0.717) is 0 Å². The number of hydrazone groups is 1. The molecule has 0 aliphatic heterocycles. The molecule has 2 rings (SSSR count). The van der Waals surface area contributed by atoms with E-state index in [0.717, 1.165) is 28.4 Å². The SMILES string of the molecule is Cc1ccc(S(=O)(=O)NN=Cc2ccccc2CCBr)cc1. The molecule has 0 bridgehead atoms. The van der Waals surface area contributed by atoms with Crippen LogP contribution in [0.3, 0.4) is 0 Å². The van der Waals surface area contributed by atoms with E-state index in [-0.39, 0.29) is 4.90 Å². The number of hydrogen-bond acceptors (Lipinski definition) is 3. The van der Waals surface area contributed by atoms with Gasteiger partial charge in [-0.05, 0) is 36.6 Å². The summed E-state index contributed by atoms with van der Waals surface area (Å²) in [5, 5.41) is 4.72. The van der Waals surface area contributed by atoms with Gasteiger partial charge in [0.05, 0.1) is 11.1 Å². The Balaban J connectivity index is 2.13. The smallest absolute Gasteiger partial charge is 0.200 e. The van der Waals surface area contributed by atoms with Gasteiger partial charge in [-0.15, -0.1) is 0 Å². The van der Waals surface area contributed by atoms with Crippen molar-refractivity contribution in [1.29, 1.82) is 0 Å². The highest BCUT2D eigenvalue weighted by atomic mass is 79.9. The molecule has 0 atom stereocenters. The third-order valence-corrected chi connectivity index (χ3v) is 4.76. The van der Waals surface area contributed by atoms with E-state index in [1.54, 1.807) is 24.3 Å². The van der Waals surface area contributed by atoms with Gasteiger partial charge in [0.2, 0.25) is 0 Å². The number of aryl methyl sites for hydroxylation is 2. The van der Waals surface area contributed by atoms with E-state index >= 15 is 0 Å². The van der Waals surface area contributed by atoms with Crippen molar-refractivity contribution in [2.24, 2.45) is 5.10 Å². The molecule has 2 aromatic carbocycles. The molecule has 0 aromatic heterocycles. The molecule has 22 heavy (non-hydrogen) atoms. The third kappa shape index (κ3) is 4.42. The van der Waals surface area contributed by atoms with Gasteiger partial charge in [0.25, 0.3) is 10.0 Å². The summed E-state index contributed by atoms with van der Waals surface area (Å²) in [5.74, 6) is 0. The first-order chi connectivity index (χ1) is 10.5. The zero-order valence-electron chi connectivity index (χ0n) is 12.2. The Hall–Kier alpha value is -1.66. The molecule has 0 radical (unpaired) electrons. The lowest BCUT2D eigenvalue weighted by Gasteiger charge is -2.05. The number of rotatable bonds is 6. The standard InChI is InChI=1S/C16H17BrN2O2S/c1-13-6-8-16(9-7-13)22(20,21)19-18-12-15-5-3-2-4-14(15)10-11-17/h2-9,12,19H,10-11H2,1H3. The molecule has 0 aliphatic carbocycles. The van der Waals surface area contributed by atoms with Crippen molar-refractivity contribution in [1.82, 2.24) is 4.83 Å². The highest BCUT2D eigenvalue weighted by Gasteiger charge is 2.11. The second-order valence-electron chi connectivity index (χ2n) is 4.80. The molecule has 0 fully saturated rings. The molecule has 116 valence electrons. The van der Waals surface area contributed by atoms with E-state index < -0.39 is 10.0 Å². The van der Waals surface area contributed by atoms with Crippen molar-refractivity contribution in [2.45, 2.75) is 18.2 Å². The van der Waals surface area contributed by atoms with E-state index in [1.807, 2.05) is 31.2 Å². The Morgan fingerprint density at radius 3 is 2.50 bits per heavy atom. The Morgan fingerprint density at radius 2 is 1.82 bits per heavy atom. The third-order valence-electron chi connectivity index (χ3n) is 3.13. The second-order valence-corrected chi connectivity index (χ2v) is 7.26. The molecular formula is C16H17BrN2O2S. The Labute approximate surface area is 139 Å². The molecule has 0 unspecified atom stereocenters. The van der Waals surface area contributed by atoms with Gasteiger partial charge in [-0.2, -0.15) is 13.5 Å². The van der Waals surface area contributed by atoms with Crippen molar-refractivity contribution in [3.8, 4) is 0 Å². The van der Waals surface area contributed by atoms with Crippen LogP contribution < -0.4 is 4.83 Å². The second kappa shape index (κ2) is 7.56. The highest BCUT2D eigenvalue weighted by Crippen LogP contribution is 2.11. The fourth-order valence-electron chi connectivity index (χ4n) is 1.93. The summed E-state index contributed by atoms with van der Waals surface area (Å²) < 4.78 is 24.2. The Kier molecular flexibility index (Phi) is 5.74. The minimum Gasteiger partial charge on any atom is -0.200 e. The lowest BCUT2D eigenvalue weighted by atomic mass is 10.1. The van der Waals surface area contributed by atoms with Crippen LogP contribution >= 0.6 is 15.9 Å². The molecule has 0 aliphatic rings. The topological polar surface area (TPSA) is 58.5 Å². The molecular weight excluding hydrogens is 364 g/mol. The molecule has 1 N–H and O–H groups in total. The number of alkyl halides is 1. The van der Waals surface area contributed by atoms with Crippen LogP contribution in [0.1, 0.15) is 16.7 Å². The van der Waals surface area contributed by atoms with Gasteiger partial charge in [0, 0.05) is 5.33 Å². The van der Waals surface area contributed by atoms with E-state index in [9.17, 15) is 8.42 Å². The summed E-state index contributed by atoms with van der Waals surface area (Å²) in [5.41, 5.74) is 3.01. The molecule has 0 saturated carbocycles. The molecule has 0 spiro atoms. The van der Waals surface area contributed by atoms with Gasteiger partial charge >= 0.3 is 0 Å². The van der Waals surface area contributed by atoms with E-state index in [2.05, 4.69) is 25.9 Å². The summed E-state index contributed by atoms with van der Waals surface area (Å²) >= 11 is 3.40. The maximum atomic E-state index is 12.1. The number of sulfonamides is 1. The fraction of sp³-hybridized carbons (Fsp3) is 0.188. The normalized spacial score (nSPS) is 11.7. The molecule has 4 nitrogen and oxygen atoms in total. The molecule has 6 heteroatoms. The van der Waals surface area contributed by atoms with E-state index in [1.165, 1.54) is 6.21 Å². The van der Waals surface area contributed by atoms with Crippen molar-refractivity contribution in [2.75, 3.05) is 5.33 Å². The van der Waals surface area contributed by atoms with Crippen molar-refractivity contribution >= 4 is 32.2 Å². The van der Waals surface area contributed by atoms with Gasteiger partial charge in [-0.3, -0.25) is 0 Å². The quantitative estimate of drug-likeness (QED) is 0.475. The van der Waals surface area contributed by atoms with Crippen LogP contribution in [0.15, 0.2) is 58.5 Å². The van der Waals surface area contributed by atoms with Crippen molar-refractivity contribution in [3.63, 3.8) is 0 Å². The molecule has 2 aromatic rings. The van der Waals surface area contributed by atoms with Gasteiger partial charge < -0.3 is 0 Å². The molecule has 0 amide bonds. The first kappa shape index (κ1) is 16.7. The first-order valence-corrected chi connectivity index (χ1v) is 9.39. The Morgan fingerprint density at radius 1 is 1.14 bits per heavy atom. The predicted octanol–water partition coefficient (Wildman–Crippen LogP) is 3.24. The Bertz CT molecular complexity index is 756. The maximum Gasteiger partial charge on any atom is 0.276 e. The summed E-state index contributed by atoms with van der Waals surface area (Å²) in [6.07, 6.45) is 2.39. The van der Waals surface area contributed by atoms with Gasteiger partial charge in [-0.1, -0.05) is 57.9 Å². The monoisotopic (exact) mass is 380 g/mol. The minimum absolute atomic E-state index is 0.198. The maximum absolute atomic E-state index is 12.1. The summed E-state index contributed by atoms with van der Waals surface area (Å²) in [4.78, 5) is 2.44. The first-order valence-electron chi connectivity index (χ1n) is 6.78. The molecule has 0 heterocycles. The predicted molar refractivity (Wildman–Crippen MR) is 93.0 cm³/mol. The van der Waals surface area contributed by atoms with Gasteiger partial charge in [0.15, 0.2) is 0 Å². The van der Waals surface area contributed by atoms with Crippen LogP contribution in [-0.4, -0.2) is 20.0 Å². The van der Waals surface area contributed by atoms with Crippen LogP contribution in [0, 0.1) is 6.92 Å². The number of nitrogens with zero attached hydrogens (tertiary/aromatic N) is 1. The van der Waals surface area contributed by atoms with Crippen LogP contribution in [0.25, 0.3) is 0 Å². The summed E-state index contributed by atoms with van der Waals surface area (Å²) in [7, 11) is -3.63. The van der Waals surface area contributed by atoms with Crippen LogP contribution in [0.4, 0.5) is 0 Å². The number of nitrogens with one attached hydrogen (secondary N) is 1. The number of hydrogen-bond donors (Lipinski definition) is 1. The average Bonchev–Trinajstić information content (AvgIpc) is 2.49. The van der Waals surface area contributed by atoms with E-state index in [4.69, 9.17) is 0 Å². The van der Waals surface area contributed by atoms with Gasteiger partial charge in [-0.25, -0.2) is 4.83 Å². The summed E-state index contributed by atoms with van der Waals surface area (Å²) in [6.45, 7) is 1.91.